The molecule has 0 aliphatic carbocycles. The number of terminal acetylenes is 1. The smallest absolute Gasteiger partial charge is 0.148 e. The molecule has 0 saturated heterocycles. The molecule has 0 heterocycles. The standard InChI is InChI=1S/C18H19NO/c1-3-12-20-18-11-7-8-16(13-18)14-19-15(2)17-9-5-4-6-10-17/h1,4-11,13,15,19H,12,14H2,2H3/t15-/m0/s1. The summed E-state index contributed by atoms with van der Waals surface area (Å²) in [5, 5.41) is 3.50. The first-order valence-electron chi connectivity index (χ1n) is 6.73. The fourth-order valence-corrected chi connectivity index (χ4v) is 2.00. The first-order valence-corrected chi connectivity index (χ1v) is 6.73. The molecule has 0 unspecified atom stereocenters. The van der Waals surface area contributed by atoms with Gasteiger partial charge < -0.3 is 10.1 Å². The summed E-state index contributed by atoms with van der Waals surface area (Å²) in [6.07, 6.45) is 5.19. The topological polar surface area (TPSA) is 21.3 Å². The third-order valence-electron chi connectivity index (χ3n) is 3.13. The molecule has 102 valence electrons. The van der Waals surface area contributed by atoms with Crippen molar-refractivity contribution in [3.8, 4) is 18.1 Å². The van der Waals surface area contributed by atoms with Gasteiger partial charge in [-0.1, -0.05) is 48.4 Å². The zero-order chi connectivity index (χ0) is 14.2. The summed E-state index contributed by atoms with van der Waals surface area (Å²) in [5.74, 6) is 3.28. The molecule has 1 atom stereocenters. The predicted octanol–water partition coefficient (Wildman–Crippen LogP) is 3.55. The van der Waals surface area contributed by atoms with Crippen LogP contribution >= 0.6 is 0 Å². The fraction of sp³-hybridized carbons (Fsp3) is 0.222. The molecule has 0 aliphatic heterocycles. The number of rotatable bonds is 6. The Hall–Kier alpha value is -2.24. The molecule has 0 aliphatic rings. The first-order chi connectivity index (χ1) is 9.79. The molecule has 0 fully saturated rings. The third-order valence-corrected chi connectivity index (χ3v) is 3.13. The lowest BCUT2D eigenvalue weighted by molar-refractivity contribution is 0.369. The molecule has 2 nitrogen and oxygen atoms in total. The summed E-state index contributed by atoms with van der Waals surface area (Å²) < 4.78 is 5.42. The lowest BCUT2D eigenvalue weighted by Gasteiger charge is -2.14. The van der Waals surface area contributed by atoms with Gasteiger partial charge in [-0.2, -0.15) is 0 Å². The minimum Gasteiger partial charge on any atom is -0.481 e. The van der Waals surface area contributed by atoms with Crippen LogP contribution in [0.15, 0.2) is 54.6 Å². The fourth-order valence-electron chi connectivity index (χ4n) is 2.00. The molecular weight excluding hydrogens is 246 g/mol. The predicted molar refractivity (Wildman–Crippen MR) is 82.5 cm³/mol. The van der Waals surface area contributed by atoms with Crippen LogP contribution in [-0.4, -0.2) is 6.61 Å². The minimum absolute atomic E-state index is 0.303. The van der Waals surface area contributed by atoms with Crippen LogP contribution in [0.1, 0.15) is 24.1 Å². The lowest BCUT2D eigenvalue weighted by atomic mass is 10.1. The highest BCUT2D eigenvalue weighted by Gasteiger charge is 2.04. The van der Waals surface area contributed by atoms with Gasteiger partial charge in [0.25, 0.3) is 0 Å². The van der Waals surface area contributed by atoms with Gasteiger partial charge in [0.1, 0.15) is 12.4 Å². The normalized spacial score (nSPS) is 11.6. The minimum atomic E-state index is 0.303. The molecule has 0 radical (unpaired) electrons. The summed E-state index contributed by atoms with van der Waals surface area (Å²) in [5.41, 5.74) is 2.47. The van der Waals surface area contributed by atoms with Crippen molar-refractivity contribution in [2.75, 3.05) is 6.61 Å². The van der Waals surface area contributed by atoms with E-state index < -0.39 is 0 Å². The van der Waals surface area contributed by atoms with Gasteiger partial charge in [0.15, 0.2) is 0 Å². The van der Waals surface area contributed by atoms with Crippen molar-refractivity contribution in [2.45, 2.75) is 19.5 Å². The van der Waals surface area contributed by atoms with Crippen molar-refractivity contribution in [1.82, 2.24) is 5.32 Å². The van der Waals surface area contributed by atoms with E-state index in [0.717, 1.165) is 12.3 Å². The van der Waals surface area contributed by atoms with Crippen molar-refractivity contribution in [2.24, 2.45) is 0 Å². The second-order valence-electron chi connectivity index (χ2n) is 4.65. The molecule has 20 heavy (non-hydrogen) atoms. The van der Waals surface area contributed by atoms with E-state index in [1.54, 1.807) is 0 Å². The van der Waals surface area contributed by atoms with Crippen LogP contribution in [0.4, 0.5) is 0 Å². The van der Waals surface area contributed by atoms with Crippen LogP contribution in [0, 0.1) is 12.3 Å². The number of ether oxygens (including phenoxy) is 1. The van der Waals surface area contributed by atoms with E-state index in [4.69, 9.17) is 11.2 Å². The highest BCUT2D eigenvalue weighted by atomic mass is 16.5. The Labute approximate surface area is 120 Å². The summed E-state index contributed by atoms with van der Waals surface area (Å²) >= 11 is 0. The molecule has 0 saturated carbocycles. The van der Waals surface area contributed by atoms with E-state index in [1.165, 1.54) is 11.1 Å². The van der Waals surface area contributed by atoms with Gasteiger partial charge in [-0.3, -0.25) is 0 Å². The van der Waals surface area contributed by atoms with E-state index in [0.29, 0.717) is 12.6 Å². The number of nitrogens with one attached hydrogen (secondary N) is 1. The van der Waals surface area contributed by atoms with Gasteiger partial charge in [0.05, 0.1) is 0 Å². The highest BCUT2D eigenvalue weighted by molar-refractivity contribution is 5.29. The van der Waals surface area contributed by atoms with E-state index in [2.05, 4.69) is 48.5 Å². The molecule has 0 amide bonds. The van der Waals surface area contributed by atoms with Crippen molar-refractivity contribution in [1.29, 1.82) is 0 Å². The Balaban J connectivity index is 1.92. The molecule has 2 aromatic carbocycles. The maximum absolute atomic E-state index is 5.42. The molecule has 0 spiro atoms. The number of benzene rings is 2. The van der Waals surface area contributed by atoms with Crippen LogP contribution in [0.25, 0.3) is 0 Å². The molecule has 2 aromatic rings. The Morgan fingerprint density at radius 3 is 2.70 bits per heavy atom. The quantitative estimate of drug-likeness (QED) is 0.806. The lowest BCUT2D eigenvalue weighted by Crippen LogP contribution is -2.17. The largest absolute Gasteiger partial charge is 0.481 e. The first kappa shape index (κ1) is 14.2. The van der Waals surface area contributed by atoms with E-state index in [9.17, 15) is 0 Å². The average Bonchev–Trinajstić information content (AvgIpc) is 2.52. The van der Waals surface area contributed by atoms with Crippen molar-refractivity contribution in [3.05, 3.63) is 65.7 Å². The number of hydrogen-bond acceptors (Lipinski definition) is 2. The maximum Gasteiger partial charge on any atom is 0.148 e. The van der Waals surface area contributed by atoms with E-state index in [1.807, 2.05) is 24.3 Å². The van der Waals surface area contributed by atoms with Gasteiger partial charge in [-0.25, -0.2) is 0 Å². The van der Waals surface area contributed by atoms with Gasteiger partial charge >= 0.3 is 0 Å². The Kier molecular flexibility index (Phi) is 5.23. The van der Waals surface area contributed by atoms with Gasteiger partial charge in [0, 0.05) is 12.6 Å². The molecule has 0 bridgehead atoms. The van der Waals surface area contributed by atoms with E-state index >= 15 is 0 Å². The third kappa shape index (κ3) is 4.15. The monoisotopic (exact) mass is 265 g/mol. The van der Waals surface area contributed by atoms with Crippen LogP contribution in [-0.2, 0) is 6.54 Å². The van der Waals surface area contributed by atoms with Crippen LogP contribution < -0.4 is 10.1 Å². The summed E-state index contributed by atoms with van der Waals surface area (Å²) in [4.78, 5) is 0. The zero-order valence-electron chi connectivity index (χ0n) is 11.7. The van der Waals surface area contributed by atoms with Crippen LogP contribution in [0.3, 0.4) is 0 Å². The van der Waals surface area contributed by atoms with Crippen molar-refractivity contribution >= 4 is 0 Å². The molecule has 0 aromatic heterocycles. The van der Waals surface area contributed by atoms with E-state index in [-0.39, 0.29) is 0 Å². The van der Waals surface area contributed by atoms with Gasteiger partial charge in [-0.15, -0.1) is 6.42 Å². The molecule has 1 N–H and O–H groups in total. The second kappa shape index (κ2) is 7.37. The summed E-state index contributed by atoms with van der Waals surface area (Å²) in [6, 6.07) is 18.7. The average molecular weight is 265 g/mol. The molecule has 2 heteroatoms. The molecular formula is C18H19NO. The highest BCUT2D eigenvalue weighted by Crippen LogP contribution is 2.15. The van der Waals surface area contributed by atoms with Crippen LogP contribution in [0.5, 0.6) is 5.75 Å². The SMILES string of the molecule is C#CCOc1cccc(CN[C@@H](C)c2ccccc2)c1. The Morgan fingerprint density at radius 2 is 1.95 bits per heavy atom. The Morgan fingerprint density at radius 1 is 1.15 bits per heavy atom. The second-order valence-corrected chi connectivity index (χ2v) is 4.65. The summed E-state index contributed by atoms with van der Waals surface area (Å²) in [7, 11) is 0. The van der Waals surface area contributed by atoms with Gasteiger partial charge in [-0.05, 0) is 30.2 Å². The van der Waals surface area contributed by atoms with Crippen molar-refractivity contribution in [3.63, 3.8) is 0 Å². The Bertz CT molecular complexity index is 571. The van der Waals surface area contributed by atoms with Crippen LogP contribution in [0.2, 0.25) is 0 Å². The molecule has 2 rings (SSSR count). The summed E-state index contributed by atoms with van der Waals surface area (Å²) in [6.45, 7) is 3.26. The maximum atomic E-state index is 5.42. The van der Waals surface area contributed by atoms with Crippen molar-refractivity contribution < 1.29 is 4.74 Å². The van der Waals surface area contributed by atoms with Gasteiger partial charge in [0.2, 0.25) is 0 Å². The number of hydrogen-bond donors (Lipinski definition) is 1. The zero-order valence-corrected chi connectivity index (χ0v) is 11.7.